The zero-order valence-electron chi connectivity index (χ0n) is 11.9. The highest BCUT2D eigenvalue weighted by Gasteiger charge is 2.37. The lowest BCUT2D eigenvalue weighted by molar-refractivity contribution is -0.138. The molecule has 21 heavy (non-hydrogen) atoms. The maximum Gasteiger partial charge on any atom is 0.417 e. The van der Waals surface area contributed by atoms with Crippen LogP contribution in [0.3, 0.4) is 0 Å². The highest BCUT2D eigenvalue weighted by atomic mass is 19.4. The molecular formula is C15H18F3NO2. The lowest BCUT2D eigenvalue weighted by atomic mass is 10.0. The van der Waals surface area contributed by atoms with Gasteiger partial charge in [-0.05, 0) is 37.0 Å². The minimum Gasteiger partial charge on any atom is -0.478 e. The number of carbonyl (C=O) groups is 1. The van der Waals surface area contributed by atoms with Gasteiger partial charge in [-0.15, -0.1) is 0 Å². The van der Waals surface area contributed by atoms with Crippen molar-refractivity contribution in [1.82, 2.24) is 0 Å². The van der Waals surface area contributed by atoms with Crippen molar-refractivity contribution in [3.8, 4) is 0 Å². The van der Waals surface area contributed by atoms with E-state index in [0.717, 1.165) is 25.0 Å². The molecule has 1 aliphatic heterocycles. The molecule has 0 saturated carbocycles. The van der Waals surface area contributed by atoms with E-state index >= 15 is 0 Å². The second-order valence-corrected chi connectivity index (χ2v) is 5.68. The van der Waals surface area contributed by atoms with Gasteiger partial charge in [0.25, 0.3) is 0 Å². The zero-order chi connectivity index (χ0) is 15.8. The summed E-state index contributed by atoms with van der Waals surface area (Å²) in [7, 11) is 0. The Balaban J connectivity index is 2.45. The molecule has 0 amide bonds. The first kappa shape index (κ1) is 15.7. The molecule has 1 aliphatic rings. The molecular weight excluding hydrogens is 283 g/mol. The number of hydrogen-bond acceptors (Lipinski definition) is 2. The van der Waals surface area contributed by atoms with Crippen LogP contribution in [0.4, 0.5) is 18.9 Å². The molecule has 1 saturated heterocycles. The molecule has 1 fully saturated rings. The smallest absolute Gasteiger partial charge is 0.417 e. The summed E-state index contributed by atoms with van der Waals surface area (Å²) >= 11 is 0. The molecule has 1 heterocycles. The highest BCUT2D eigenvalue weighted by Crippen LogP contribution is 2.37. The Morgan fingerprint density at radius 2 is 2.05 bits per heavy atom. The number of carboxylic acid groups (broad SMARTS) is 1. The molecule has 6 heteroatoms. The Bertz CT molecular complexity index is 540. The molecule has 1 atom stereocenters. The standard InChI is InChI=1S/C15H18F3NO2/c1-9(2)13-4-3-7-19(13)10-5-6-11(14(20)21)12(8-10)15(16,17)18/h5-6,8-9,13H,3-4,7H2,1-2H3,(H,20,21). The average Bonchev–Trinajstić information content (AvgIpc) is 2.86. The summed E-state index contributed by atoms with van der Waals surface area (Å²) in [4.78, 5) is 12.9. The topological polar surface area (TPSA) is 40.5 Å². The summed E-state index contributed by atoms with van der Waals surface area (Å²) in [5, 5.41) is 8.91. The van der Waals surface area contributed by atoms with Crippen LogP contribution < -0.4 is 4.90 Å². The van der Waals surface area contributed by atoms with Gasteiger partial charge in [-0.3, -0.25) is 0 Å². The van der Waals surface area contributed by atoms with Crippen LogP contribution in [0.2, 0.25) is 0 Å². The third kappa shape index (κ3) is 3.14. The van der Waals surface area contributed by atoms with Gasteiger partial charge in [0, 0.05) is 18.3 Å². The Morgan fingerprint density at radius 3 is 2.57 bits per heavy atom. The van der Waals surface area contributed by atoms with Crippen LogP contribution in [0.1, 0.15) is 42.6 Å². The van der Waals surface area contributed by atoms with E-state index < -0.39 is 23.3 Å². The number of nitrogens with zero attached hydrogens (tertiary/aromatic N) is 1. The van der Waals surface area contributed by atoms with Crippen molar-refractivity contribution in [3.63, 3.8) is 0 Å². The third-order valence-electron chi connectivity index (χ3n) is 3.94. The van der Waals surface area contributed by atoms with Gasteiger partial charge < -0.3 is 10.0 Å². The second-order valence-electron chi connectivity index (χ2n) is 5.68. The fourth-order valence-electron chi connectivity index (χ4n) is 2.94. The molecule has 1 N–H and O–H groups in total. The van der Waals surface area contributed by atoms with Crippen LogP contribution in [-0.2, 0) is 6.18 Å². The molecule has 116 valence electrons. The lowest BCUT2D eigenvalue weighted by Gasteiger charge is -2.30. The van der Waals surface area contributed by atoms with Gasteiger partial charge in [0.1, 0.15) is 0 Å². The van der Waals surface area contributed by atoms with Crippen molar-refractivity contribution in [2.45, 2.75) is 38.9 Å². The summed E-state index contributed by atoms with van der Waals surface area (Å²) in [6, 6.07) is 3.68. The van der Waals surface area contributed by atoms with Gasteiger partial charge in [-0.1, -0.05) is 13.8 Å². The SMILES string of the molecule is CC(C)C1CCCN1c1ccc(C(=O)O)c(C(F)(F)F)c1. The number of benzene rings is 1. The van der Waals surface area contributed by atoms with Gasteiger partial charge in [-0.25, -0.2) is 4.79 Å². The number of alkyl halides is 3. The fraction of sp³-hybridized carbons (Fsp3) is 0.533. The van der Waals surface area contributed by atoms with Gasteiger partial charge >= 0.3 is 12.1 Å². The van der Waals surface area contributed by atoms with Crippen LogP contribution in [0.15, 0.2) is 18.2 Å². The molecule has 1 aromatic carbocycles. The fourth-order valence-corrected chi connectivity index (χ4v) is 2.94. The number of carboxylic acids is 1. The van der Waals surface area contributed by atoms with Crippen molar-refractivity contribution in [1.29, 1.82) is 0 Å². The second kappa shape index (κ2) is 5.58. The van der Waals surface area contributed by atoms with E-state index in [4.69, 9.17) is 5.11 Å². The minimum atomic E-state index is -4.67. The number of aromatic carboxylic acids is 1. The lowest BCUT2D eigenvalue weighted by Crippen LogP contribution is -2.33. The molecule has 1 unspecified atom stereocenters. The van der Waals surface area contributed by atoms with Crippen molar-refractivity contribution in [3.05, 3.63) is 29.3 Å². The largest absolute Gasteiger partial charge is 0.478 e. The molecule has 1 aromatic rings. The van der Waals surface area contributed by atoms with E-state index in [1.165, 1.54) is 6.07 Å². The van der Waals surface area contributed by atoms with Gasteiger partial charge in [0.05, 0.1) is 11.1 Å². The summed E-state index contributed by atoms with van der Waals surface area (Å²) < 4.78 is 39.1. The third-order valence-corrected chi connectivity index (χ3v) is 3.94. The van der Waals surface area contributed by atoms with E-state index in [2.05, 4.69) is 0 Å². The Morgan fingerprint density at radius 1 is 1.38 bits per heavy atom. The van der Waals surface area contributed by atoms with Crippen LogP contribution in [0.5, 0.6) is 0 Å². The number of halogens is 3. The molecule has 0 aromatic heterocycles. The molecule has 0 aliphatic carbocycles. The minimum absolute atomic E-state index is 0.196. The molecule has 0 bridgehead atoms. The first-order valence-corrected chi connectivity index (χ1v) is 6.93. The normalized spacial score (nSPS) is 19.3. The number of hydrogen-bond donors (Lipinski definition) is 1. The van der Waals surface area contributed by atoms with Crippen LogP contribution in [0.25, 0.3) is 0 Å². The van der Waals surface area contributed by atoms with E-state index in [1.54, 1.807) is 0 Å². The Hall–Kier alpha value is -1.72. The molecule has 2 rings (SSSR count). The Labute approximate surface area is 121 Å². The number of anilines is 1. The quantitative estimate of drug-likeness (QED) is 0.916. The van der Waals surface area contributed by atoms with Crippen molar-refractivity contribution in [2.75, 3.05) is 11.4 Å². The van der Waals surface area contributed by atoms with E-state index in [9.17, 15) is 18.0 Å². The van der Waals surface area contributed by atoms with Crippen LogP contribution in [0, 0.1) is 5.92 Å². The van der Waals surface area contributed by atoms with Crippen LogP contribution in [-0.4, -0.2) is 23.7 Å². The van der Waals surface area contributed by atoms with Gasteiger partial charge in [0.2, 0.25) is 0 Å². The maximum absolute atomic E-state index is 13.0. The predicted octanol–water partition coefficient (Wildman–Crippen LogP) is 4.03. The van der Waals surface area contributed by atoms with E-state index in [1.807, 2.05) is 18.7 Å². The van der Waals surface area contributed by atoms with Crippen LogP contribution >= 0.6 is 0 Å². The summed E-state index contributed by atoms with van der Waals surface area (Å²) in [6.45, 7) is 4.78. The van der Waals surface area contributed by atoms with Crippen molar-refractivity contribution in [2.24, 2.45) is 5.92 Å². The van der Waals surface area contributed by atoms with Gasteiger partial charge in [0.15, 0.2) is 0 Å². The first-order valence-electron chi connectivity index (χ1n) is 6.93. The molecule has 3 nitrogen and oxygen atoms in total. The highest BCUT2D eigenvalue weighted by molar-refractivity contribution is 5.90. The number of rotatable bonds is 3. The van der Waals surface area contributed by atoms with Crippen molar-refractivity contribution >= 4 is 11.7 Å². The summed E-state index contributed by atoms with van der Waals surface area (Å²) in [5.41, 5.74) is -1.34. The average molecular weight is 301 g/mol. The van der Waals surface area contributed by atoms with E-state index in [-0.39, 0.29) is 6.04 Å². The Kier molecular flexibility index (Phi) is 4.16. The summed E-state index contributed by atoms with van der Waals surface area (Å²) in [5.74, 6) is -1.23. The predicted molar refractivity (Wildman–Crippen MR) is 73.6 cm³/mol. The zero-order valence-corrected chi connectivity index (χ0v) is 11.9. The molecule has 0 radical (unpaired) electrons. The van der Waals surface area contributed by atoms with E-state index in [0.29, 0.717) is 18.2 Å². The maximum atomic E-state index is 13.0. The first-order chi connectivity index (χ1) is 9.71. The van der Waals surface area contributed by atoms with Gasteiger partial charge in [-0.2, -0.15) is 13.2 Å². The summed E-state index contributed by atoms with van der Waals surface area (Å²) in [6.07, 6.45) is -2.79. The monoisotopic (exact) mass is 301 g/mol. The van der Waals surface area contributed by atoms with Crippen molar-refractivity contribution < 1.29 is 23.1 Å². The molecule has 0 spiro atoms.